The molecule has 0 saturated heterocycles. The fraction of sp³-hybridized carbons (Fsp3) is 0.462. The van der Waals surface area contributed by atoms with Gasteiger partial charge in [0.15, 0.2) is 5.96 Å². The van der Waals surface area contributed by atoms with Crippen LogP contribution in [-0.4, -0.2) is 37.0 Å². The van der Waals surface area contributed by atoms with E-state index in [0.717, 1.165) is 23.5 Å². The number of guanidine groups is 1. The number of aliphatic imine (C=N–C) groups is 1. The van der Waals surface area contributed by atoms with Gasteiger partial charge in [-0.1, -0.05) is 28.1 Å². The fourth-order valence-electron chi connectivity index (χ4n) is 2.29. The molecule has 1 heterocycles. The van der Waals surface area contributed by atoms with Crippen LogP contribution in [-0.2, 0) is 0 Å². The molecule has 0 radical (unpaired) electrons. The lowest BCUT2D eigenvalue weighted by Gasteiger charge is -2.15. The van der Waals surface area contributed by atoms with Gasteiger partial charge in [-0.15, -0.1) is 24.0 Å². The summed E-state index contributed by atoms with van der Waals surface area (Å²) < 4.78 is 1.14. The molecule has 1 N–H and O–H groups in total. The van der Waals surface area contributed by atoms with Crippen LogP contribution in [0.1, 0.15) is 17.9 Å². The first-order chi connectivity index (χ1) is 8.24. The number of benzene rings is 1. The number of hydrogen-bond donors (Lipinski definition) is 1. The van der Waals surface area contributed by atoms with Gasteiger partial charge in [-0.3, -0.25) is 4.99 Å². The lowest BCUT2D eigenvalue weighted by atomic mass is 10.1. The summed E-state index contributed by atoms with van der Waals surface area (Å²) in [7, 11) is 2.09. The molecular weight excluding hydrogens is 405 g/mol. The molecular formula is C13H17BrIN3. The quantitative estimate of drug-likeness (QED) is 0.743. The van der Waals surface area contributed by atoms with E-state index in [1.807, 2.05) is 0 Å². The standard InChI is InChI=1S/C13H16BrN3.HI/c1-17-7-6-15-13(17)16-12-8-11(12)9-2-4-10(14)5-3-9;/h2-5,11-12H,6-8H2,1H3,(H,15,16);1H/t11-,12+;/m0./s1. The topological polar surface area (TPSA) is 27.6 Å². The lowest BCUT2D eigenvalue weighted by molar-refractivity contribution is 0.532. The van der Waals surface area contributed by atoms with Gasteiger partial charge in [0.25, 0.3) is 0 Å². The Balaban J connectivity index is 0.00000120. The molecule has 5 heteroatoms. The Labute approximate surface area is 133 Å². The van der Waals surface area contributed by atoms with Crippen LogP contribution in [0.25, 0.3) is 0 Å². The Bertz CT molecular complexity index is 446. The summed E-state index contributed by atoms with van der Waals surface area (Å²) in [4.78, 5) is 6.65. The number of likely N-dealkylation sites (N-methyl/N-ethyl adjacent to an activating group) is 1. The van der Waals surface area contributed by atoms with Crippen molar-refractivity contribution in [3.8, 4) is 0 Å². The Morgan fingerprint density at radius 1 is 1.33 bits per heavy atom. The van der Waals surface area contributed by atoms with E-state index in [2.05, 4.69) is 62.5 Å². The Morgan fingerprint density at radius 3 is 2.67 bits per heavy atom. The number of nitrogens with one attached hydrogen (secondary N) is 1. The van der Waals surface area contributed by atoms with Gasteiger partial charge in [-0.05, 0) is 24.1 Å². The Morgan fingerprint density at radius 2 is 2.06 bits per heavy atom. The van der Waals surface area contributed by atoms with Crippen molar-refractivity contribution in [3.05, 3.63) is 34.3 Å². The zero-order valence-corrected chi connectivity index (χ0v) is 14.2. The molecule has 3 nitrogen and oxygen atoms in total. The van der Waals surface area contributed by atoms with E-state index in [1.54, 1.807) is 0 Å². The van der Waals surface area contributed by atoms with Crippen LogP contribution in [0.4, 0.5) is 0 Å². The summed E-state index contributed by atoms with van der Waals surface area (Å²) in [6, 6.07) is 9.21. The molecule has 2 aliphatic rings. The van der Waals surface area contributed by atoms with Gasteiger partial charge in [0.05, 0.1) is 6.54 Å². The molecule has 0 unspecified atom stereocenters. The van der Waals surface area contributed by atoms with E-state index in [0.29, 0.717) is 12.0 Å². The molecule has 1 aliphatic carbocycles. The monoisotopic (exact) mass is 421 g/mol. The largest absolute Gasteiger partial charge is 0.353 e. The maximum Gasteiger partial charge on any atom is 0.194 e. The van der Waals surface area contributed by atoms with Crippen molar-refractivity contribution in [2.24, 2.45) is 4.99 Å². The molecule has 1 aliphatic heterocycles. The second kappa shape index (κ2) is 5.77. The van der Waals surface area contributed by atoms with Crippen LogP contribution in [0.3, 0.4) is 0 Å². The van der Waals surface area contributed by atoms with Crippen molar-refractivity contribution in [3.63, 3.8) is 0 Å². The van der Waals surface area contributed by atoms with E-state index >= 15 is 0 Å². The number of hydrogen-bond acceptors (Lipinski definition) is 3. The number of nitrogens with zero attached hydrogens (tertiary/aromatic N) is 2. The third-order valence-corrected chi connectivity index (χ3v) is 3.99. The molecule has 1 fully saturated rings. The van der Waals surface area contributed by atoms with Crippen LogP contribution in [0.15, 0.2) is 33.7 Å². The molecule has 98 valence electrons. The van der Waals surface area contributed by atoms with Gasteiger partial charge in [0, 0.05) is 30.0 Å². The molecule has 3 rings (SSSR count). The molecule has 1 saturated carbocycles. The van der Waals surface area contributed by atoms with Crippen LogP contribution in [0.5, 0.6) is 0 Å². The van der Waals surface area contributed by atoms with E-state index in [4.69, 9.17) is 0 Å². The summed E-state index contributed by atoms with van der Waals surface area (Å²) in [5.74, 6) is 1.72. The Kier molecular flexibility index (Phi) is 4.53. The highest BCUT2D eigenvalue weighted by Crippen LogP contribution is 2.41. The minimum absolute atomic E-state index is 0. The highest BCUT2D eigenvalue weighted by molar-refractivity contribution is 14.0. The van der Waals surface area contributed by atoms with Crippen molar-refractivity contribution >= 4 is 45.9 Å². The van der Waals surface area contributed by atoms with Crippen molar-refractivity contribution < 1.29 is 0 Å². The molecule has 1 aromatic carbocycles. The van der Waals surface area contributed by atoms with Crippen LogP contribution < -0.4 is 5.32 Å². The van der Waals surface area contributed by atoms with Gasteiger partial charge < -0.3 is 10.2 Å². The van der Waals surface area contributed by atoms with Gasteiger partial charge in [-0.2, -0.15) is 0 Å². The predicted octanol–water partition coefficient (Wildman–Crippen LogP) is 2.81. The van der Waals surface area contributed by atoms with E-state index in [-0.39, 0.29) is 24.0 Å². The summed E-state index contributed by atoms with van der Waals surface area (Å²) >= 11 is 3.47. The normalized spacial score (nSPS) is 25.4. The average molecular weight is 422 g/mol. The van der Waals surface area contributed by atoms with Gasteiger partial charge >= 0.3 is 0 Å². The average Bonchev–Trinajstić information content (AvgIpc) is 2.97. The van der Waals surface area contributed by atoms with Gasteiger partial charge in [0.2, 0.25) is 0 Å². The third-order valence-electron chi connectivity index (χ3n) is 3.46. The summed E-state index contributed by atoms with van der Waals surface area (Å²) in [5, 5.41) is 3.53. The second-order valence-electron chi connectivity index (χ2n) is 4.77. The Hall–Kier alpha value is -0.300. The highest BCUT2D eigenvalue weighted by atomic mass is 127. The summed E-state index contributed by atoms with van der Waals surface area (Å²) in [6.07, 6.45) is 1.22. The molecule has 2 atom stereocenters. The molecule has 1 aromatic rings. The lowest BCUT2D eigenvalue weighted by Crippen LogP contribution is -2.37. The first-order valence-electron chi connectivity index (χ1n) is 6.01. The predicted molar refractivity (Wildman–Crippen MR) is 88.8 cm³/mol. The molecule has 0 spiro atoms. The number of halogens is 2. The minimum atomic E-state index is 0. The second-order valence-corrected chi connectivity index (χ2v) is 5.69. The van der Waals surface area contributed by atoms with Crippen molar-refractivity contribution in [2.75, 3.05) is 20.1 Å². The van der Waals surface area contributed by atoms with Gasteiger partial charge in [0.1, 0.15) is 0 Å². The van der Waals surface area contributed by atoms with Crippen LogP contribution in [0, 0.1) is 0 Å². The highest BCUT2D eigenvalue weighted by Gasteiger charge is 2.39. The SMILES string of the molecule is CN1CCN=C1N[C@@H]1C[C@H]1c1ccc(Br)cc1.I. The smallest absolute Gasteiger partial charge is 0.194 e. The summed E-state index contributed by atoms with van der Waals surface area (Å²) in [5.41, 5.74) is 1.42. The van der Waals surface area contributed by atoms with E-state index in [1.165, 1.54) is 12.0 Å². The first kappa shape index (κ1) is 14.1. The molecule has 18 heavy (non-hydrogen) atoms. The van der Waals surface area contributed by atoms with E-state index < -0.39 is 0 Å². The van der Waals surface area contributed by atoms with Gasteiger partial charge in [-0.25, -0.2) is 0 Å². The summed E-state index contributed by atoms with van der Waals surface area (Å²) in [6.45, 7) is 1.96. The van der Waals surface area contributed by atoms with Crippen LogP contribution >= 0.6 is 39.9 Å². The van der Waals surface area contributed by atoms with E-state index in [9.17, 15) is 0 Å². The molecule has 0 bridgehead atoms. The number of rotatable bonds is 2. The zero-order chi connectivity index (χ0) is 11.8. The fourth-order valence-corrected chi connectivity index (χ4v) is 2.55. The maximum atomic E-state index is 4.46. The first-order valence-corrected chi connectivity index (χ1v) is 6.81. The third kappa shape index (κ3) is 2.99. The van der Waals surface area contributed by atoms with Crippen LogP contribution in [0.2, 0.25) is 0 Å². The maximum absolute atomic E-state index is 4.46. The van der Waals surface area contributed by atoms with Crippen molar-refractivity contribution in [2.45, 2.75) is 18.4 Å². The molecule has 0 aromatic heterocycles. The minimum Gasteiger partial charge on any atom is -0.353 e. The van der Waals surface area contributed by atoms with Crippen molar-refractivity contribution in [1.29, 1.82) is 0 Å². The van der Waals surface area contributed by atoms with Crippen molar-refractivity contribution in [1.82, 2.24) is 10.2 Å². The zero-order valence-electron chi connectivity index (χ0n) is 10.3. The molecule has 0 amide bonds.